The molecule has 0 spiro atoms. The number of imide groups is 1. The Kier molecular flexibility index (Phi) is 6.32. The van der Waals surface area contributed by atoms with Crippen LogP contribution >= 0.6 is 11.6 Å². The van der Waals surface area contributed by atoms with Gasteiger partial charge in [-0.15, -0.1) is 0 Å². The monoisotopic (exact) mass is 574 g/mol. The van der Waals surface area contributed by atoms with E-state index in [4.69, 9.17) is 11.6 Å². The molecule has 0 bridgehead atoms. The van der Waals surface area contributed by atoms with Gasteiger partial charge < -0.3 is 10.3 Å². The second kappa shape index (κ2) is 10.2. The van der Waals surface area contributed by atoms with Crippen LogP contribution in [0, 0.1) is 6.92 Å². The first-order valence-electron chi connectivity index (χ1n) is 13.8. The Hall–Kier alpha value is -4.88. The number of carbonyl (C=O) groups excluding carboxylic acids is 3. The minimum atomic E-state index is -0.642. The molecular formula is C34H27ClN4O3. The number of benzene rings is 4. The number of aromatic nitrogens is 1. The number of nitrogens with zero attached hydrogens (tertiary/aromatic N) is 2. The number of anilines is 1. The predicted molar refractivity (Wildman–Crippen MR) is 163 cm³/mol. The number of hydrogen-bond donors (Lipinski definition) is 2. The fourth-order valence-electron chi connectivity index (χ4n) is 6.18. The molecule has 4 amide bonds. The zero-order chi connectivity index (χ0) is 29.0. The van der Waals surface area contributed by atoms with Crippen LogP contribution in [-0.4, -0.2) is 33.8 Å². The highest BCUT2D eigenvalue weighted by Crippen LogP contribution is 2.45. The van der Waals surface area contributed by atoms with Crippen molar-refractivity contribution in [2.24, 2.45) is 0 Å². The van der Waals surface area contributed by atoms with Gasteiger partial charge in [-0.2, -0.15) is 0 Å². The van der Waals surface area contributed by atoms with Crippen LogP contribution in [0.1, 0.15) is 44.3 Å². The first-order chi connectivity index (χ1) is 20.4. The minimum Gasteiger partial charge on any atom is -0.356 e. The molecule has 8 heteroatoms. The van der Waals surface area contributed by atoms with E-state index in [1.165, 1.54) is 4.90 Å². The Labute approximate surface area is 247 Å². The number of amides is 4. The Morgan fingerprint density at radius 2 is 1.64 bits per heavy atom. The molecule has 2 unspecified atom stereocenters. The maximum Gasteiger partial charge on any atom is 0.332 e. The Morgan fingerprint density at radius 3 is 2.40 bits per heavy atom. The summed E-state index contributed by atoms with van der Waals surface area (Å²) in [6.45, 7) is 2.38. The molecule has 7 rings (SSSR count). The number of hydrogen-bond acceptors (Lipinski definition) is 3. The molecule has 2 N–H and O–H groups in total. The van der Waals surface area contributed by atoms with E-state index in [-0.39, 0.29) is 17.8 Å². The number of fused-ring (bicyclic) bond motifs is 4. The van der Waals surface area contributed by atoms with Gasteiger partial charge in [0.2, 0.25) is 0 Å². The van der Waals surface area contributed by atoms with Crippen molar-refractivity contribution in [3.05, 3.63) is 136 Å². The molecule has 208 valence electrons. The summed E-state index contributed by atoms with van der Waals surface area (Å²) in [7, 11) is 0. The average Bonchev–Trinajstić information content (AvgIpc) is 3.50. The lowest BCUT2D eigenvalue weighted by Gasteiger charge is -2.36. The minimum absolute atomic E-state index is 0.252. The summed E-state index contributed by atoms with van der Waals surface area (Å²) >= 11 is 5.94. The molecule has 7 nitrogen and oxygen atoms in total. The van der Waals surface area contributed by atoms with E-state index in [1.54, 1.807) is 41.3 Å². The quantitative estimate of drug-likeness (QED) is 0.234. The van der Waals surface area contributed by atoms with Crippen LogP contribution in [0.4, 0.5) is 10.5 Å². The summed E-state index contributed by atoms with van der Waals surface area (Å²) in [6.07, 6.45) is 0.425. The summed E-state index contributed by atoms with van der Waals surface area (Å²) in [5.41, 5.74) is 6.81. The Balaban J connectivity index is 1.19. The SMILES string of the molecule is Cc1ccccc1C1c2[nH]c3ccccc3c2CC2C(=O)N(c3ccc(C(=O)NCc4ccc(Cl)cc4)cc3)C(=O)N21. The van der Waals surface area contributed by atoms with Gasteiger partial charge in [0, 0.05) is 40.1 Å². The number of H-pyrrole nitrogens is 1. The van der Waals surface area contributed by atoms with Crippen molar-refractivity contribution in [2.75, 3.05) is 4.90 Å². The highest BCUT2D eigenvalue weighted by molar-refractivity contribution is 6.30. The van der Waals surface area contributed by atoms with Crippen LogP contribution in [0.25, 0.3) is 10.9 Å². The van der Waals surface area contributed by atoms with E-state index in [0.717, 1.165) is 38.9 Å². The van der Waals surface area contributed by atoms with Crippen molar-refractivity contribution in [1.82, 2.24) is 15.2 Å². The number of para-hydroxylation sites is 1. The largest absolute Gasteiger partial charge is 0.356 e. The Morgan fingerprint density at radius 1 is 0.929 bits per heavy atom. The summed E-state index contributed by atoms with van der Waals surface area (Å²) in [6, 6.07) is 28.4. The average molecular weight is 575 g/mol. The maximum atomic E-state index is 14.1. The first kappa shape index (κ1) is 26.0. The fraction of sp³-hybridized carbons (Fsp3) is 0.147. The molecule has 2 aliphatic rings. The van der Waals surface area contributed by atoms with E-state index < -0.39 is 12.1 Å². The van der Waals surface area contributed by atoms with Gasteiger partial charge in [-0.3, -0.25) is 14.5 Å². The number of urea groups is 1. The van der Waals surface area contributed by atoms with Crippen LogP contribution in [0.15, 0.2) is 97.1 Å². The molecule has 5 aromatic rings. The second-order valence-electron chi connectivity index (χ2n) is 10.8. The lowest BCUT2D eigenvalue weighted by Crippen LogP contribution is -2.44. The van der Waals surface area contributed by atoms with Crippen LogP contribution < -0.4 is 10.2 Å². The molecule has 4 aromatic carbocycles. The fourth-order valence-corrected chi connectivity index (χ4v) is 6.30. The smallest absolute Gasteiger partial charge is 0.332 e. The predicted octanol–water partition coefficient (Wildman–Crippen LogP) is 6.54. The first-order valence-corrected chi connectivity index (χ1v) is 14.2. The number of aromatic amines is 1. The zero-order valence-corrected chi connectivity index (χ0v) is 23.6. The van der Waals surface area contributed by atoms with E-state index in [2.05, 4.69) is 16.4 Å². The summed E-state index contributed by atoms with van der Waals surface area (Å²) < 4.78 is 0. The van der Waals surface area contributed by atoms with Gasteiger partial charge in [-0.05, 0) is 71.6 Å². The van der Waals surface area contributed by atoms with Crippen molar-refractivity contribution in [2.45, 2.75) is 32.0 Å². The van der Waals surface area contributed by atoms with E-state index in [9.17, 15) is 14.4 Å². The molecule has 1 fully saturated rings. The third kappa shape index (κ3) is 4.25. The van der Waals surface area contributed by atoms with Crippen molar-refractivity contribution < 1.29 is 14.4 Å². The standard InChI is InChI=1S/C34H27ClN4O3/c1-20-6-2-3-7-25(20)31-30-27(26-8-4-5-9-28(26)37-30)18-29-33(41)38(34(42)39(29)31)24-16-12-22(13-17-24)32(40)36-19-21-10-14-23(35)15-11-21/h2-17,29,31,37H,18-19H2,1H3,(H,36,40). The summed E-state index contributed by atoms with van der Waals surface area (Å²) in [5, 5.41) is 4.59. The molecule has 0 radical (unpaired) electrons. The van der Waals surface area contributed by atoms with Gasteiger partial charge in [-0.25, -0.2) is 9.69 Å². The normalized spacial score (nSPS) is 17.9. The molecule has 2 atom stereocenters. The Bertz CT molecular complexity index is 1860. The van der Waals surface area contributed by atoms with Crippen LogP contribution in [0.3, 0.4) is 0 Å². The number of carbonyl (C=O) groups is 3. The number of halogens is 1. The molecular weight excluding hydrogens is 548 g/mol. The molecule has 2 aliphatic heterocycles. The number of rotatable bonds is 5. The van der Waals surface area contributed by atoms with Gasteiger partial charge in [0.05, 0.1) is 5.69 Å². The molecule has 1 saturated heterocycles. The second-order valence-corrected chi connectivity index (χ2v) is 11.2. The van der Waals surface area contributed by atoms with E-state index in [1.807, 2.05) is 61.5 Å². The number of nitrogens with one attached hydrogen (secondary N) is 2. The highest BCUT2D eigenvalue weighted by atomic mass is 35.5. The van der Waals surface area contributed by atoms with Crippen molar-refractivity contribution in [3.8, 4) is 0 Å². The molecule has 0 saturated carbocycles. The van der Waals surface area contributed by atoms with Crippen LogP contribution in [-0.2, 0) is 17.8 Å². The van der Waals surface area contributed by atoms with Crippen molar-refractivity contribution in [1.29, 1.82) is 0 Å². The third-order valence-electron chi connectivity index (χ3n) is 8.29. The molecule has 0 aliphatic carbocycles. The van der Waals surface area contributed by atoms with E-state index >= 15 is 0 Å². The van der Waals surface area contributed by atoms with Crippen LogP contribution in [0.2, 0.25) is 5.02 Å². The molecule has 3 heterocycles. The van der Waals surface area contributed by atoms with Gasteiger partial charge in [-0.1, -0.05) is 66.2 Å². The lowest BCUT2D eigenvalue weighted by atomic mass is 9.87. The maximum absolute atomic E-state index is 14.1. The van der Waals surface area contributed by atoms with Gasteiger partial charge in [0.1, 0.15) is 12.1 Å². The topological polar surface area (TPSA) is 85.5 Å². The molecule has 42 heavy (non-hydrogen) atoms. The van der Waals surface area contributed by atoms with Crippen molar-refractivity contribution >= 4 is 46.0 Å². The van der Waals surface area contributed by atoms with E-state index in [0.29, 0.717) is 29.2 Å². The summed E-state index contributed by atoms with van der Waals surface area (Å²) in [5.74, 6) is -0.521. The summed E-state index contributed by atoms with van der Waals surface area (Å²) in [4.78, 5) is 47.4. The molecule has 1 aromatic heterocycles. The lowest BCUT2D eigenvalue weighted by molar-refractivity contribution is -0.120. The zero-order valence-electron chi connectivity index (χ0n) is 22.8. The van der Waals surface area contributed by atoms with Crippen molar-refractivity contribution in [3.63, 3.8) is 0 Å². The van der Waals surface area contributed by atoms with Gasteiger partial charge in [0.15, 0.2) is 0 Å². The highest BCUT2D eigenvalue weighted by Gasteiger charge is 2.53. The number of aryl methyl sites for hydroxylation is 1. The van der Waals surface area contributed by atoms with Gasteiger partial charge in [0.25, 0.3) is 11.8 Å². The third-order valence-corrected chi connectivity index (χ3v) is 8.54. The van der Waals surface area contributed by atoms with Gasteiger partial charge >= 0.3 is 6.03 Å². The van der Waals surface area contributed by atoms with Crippen LogP contribution in [0.5, 0.6) is 0 Å².